The van der Waals surface area contributed by atoms with Crippen LogP contribution in [0.4, 0.5) is 5.69 Å². The van der Waals surface area contributed by atoms with Crippen LogP contribution in [0.3, 0.4) is 0 Å². The van der Waals surface area contributed by atoms with Gasteiger partial charge in [-0.25, -0.2) is 0 Å². The van der Waals surface area contributed by atoms with Crippen LogP contribution >= 0.6 is 0 Å². The first-order valence-electron chi connectivity index (χ1n) is 5.47. The van der Waals surface area contributed by atoms with Crippen molar-refractivity contribution in [3.63, 3.8) is 0 Å². The summed E-state index contributed by atoms with van der Waals surface area (Å²) in [4.78, 5) is -0.148. The number of nitrogens with one attached hydrogen (secondary N) is 1. The molecule has 0 fully saturated rings. The molecule has 7 heteroatoms. The Kier molecular flexibility index (Phi) is 6.38. The average Bonchev–Trinajstić information content (AvgIpc) is 2.39. The molecule has 0 aliphatic heterocycles. The number of anilines is 1. The van der Waals surface area contributed by atoms with Gasteiger partial charge in [-0.3, -0.25) is 9.98 Å². The molecule has 5 nitrogen and oxygen atoms in total. The number of benzene rings is 2. The molecule has 0 aromatic heterocycles. The van der Waals surface area contributed by atoms with Gasteiger partial charge in [0, 0.05) is 0 Å². The molecule has 0 bridgehead atoms. The largest absolute Gasteiger partial charge is 1.00 e. The van der Waals surface area contributed by atoms with E-state index < -0.39 is 10.1 Å². The summed E-state index contributed by atoms with van der Waals surface area (Å²) in [6.45, 7) is 0. The molecular weight excluding hydrogens is 287 g/mol. The summed E-state index contributed by atoms with van der Waals surface area (Å²) in [6.07, 6.45) is 1.65. The van der Waals surface area contributed by atoms with E-state index in [1.807, 2.05) is 30.3 Å². The smallest absolute Gasteiger partial charge is 0.282 e. The molecule has 0 saturated heterocycles. The van der Waals surface area contributed by atoms with Crippen LogP contribution in [0.2, 0.25) is 0 Å². The van der Waals surface area contributed by atoms with E-state index in [9.17, 15) is 8.42 Å². The van der Waals surface area contributed by atoms with Gasteiger partial charge in [0.2, 0.25) is 0 Å². The third-order valence-corrected chi connectivity index (χ3v) is 3.23. The molecule has 0 radical (unpaired) electrons. The summed E-state index contributed by atoms with van der Waals surface area (Å²) in [6, 6.07) is 15.2. The van der Waals surface area contributed by atoms with Gasteiger partial charge in [0.15, 0.2) is 0 Å². The first-order valence-corrected chi connectivity index (χ1v) is 6.91. The van der Waals surface area contributed by atoms with Gasteiger partial charge >= 0.3 is 29.6 Å². The maximum atomic E-state index is 10.8. The zero-order chi connectivity index (χ0) is 13.7. The first kappa shape index (κ1) is 16.9. The summed E-state index contributed by atoms with van der Waals surface area (Å²) >= 11 is 0. The van der Waals surface area contributed by atoms with Crippen LogP contribution < -0.4 is 35.0 Å². The zero-order valence-electron chi connectivity index (χ0n) is 10.9. The van der Waals surface area contributed by atoms with Crippen molar-refractivity contribution >= 4 is 22.0 Å². The van der Waals surface area contributed by atoms with Crippen molar-refractivity contribution in [1.82, 2.24) is 0 Å². The third kappa shape index (κ3) is 5.07. The van der Waals surface area contributed by atoms with Gasteiger partial charge in [-0.2, -0.15) is 13.5 Å². The van der Waals surface area contributed by atoms with E-state index in [0.29, 0.717) is 5.69 Å². The van der Waals surface area contributed by atoms with Crippen molar-refractivity contribution in [2.24, 2.45) is 5.10 Å². The van der Waals surface area contributed by atoms with Crippen molar-refractivity contribution in [3.05, 3.63) is 60.2 Å². The van der Waals surface area contributed by atoms with Crippen LogP contribution in [0.1, 0.15) is 5.56 Å². The van der Waals surface area contributed by atoms with E-state index in [4.69, 9.17) is 4.55 Å². The van der Waals surface area contributed by atoms with Crippen LogP contribution in [-0.2, 0) is 10.1 Å². The van der Waals surface area contributed by atoms with E-state index in [0.717, 1.165) is 5.56 Å². The Morgan fingerprint density at radius 1 is 1.00 bits per heavy atom. The van der Waals surface area contributed by atoms with Crippen molar-refractivity contribution in [2.75, 3.05) is 5.43 Å². The Morgan fingerprint density at radius 3 is 2.15 bits per heavy atom. The van der Waals surface area contributed by atoms with Crippen LogP contribution in [-0.4, -0.2) is 19.2 Å². The molecule has 2 rings (SSSR count). The van der Waals surface area contributed by atoms with Gasteiger partial charge in [-0.1, -0.05) is 30.3 Å². The summed E-state index contributed by atoms with van der Waals surface area (Å²) in [5.41, 5.74) is 4.34. The minimum atomic E-state index is -4.15. The fourth-order valence-electron chi connectivity index (χ4n) is 1.42. The maximum Gasteiger partial charge on any atom is 1.00 e. The molecule has 0 aliphatic rings. The van der Waals surface area contributed by atoms with Crippen molar-refractivity contribution in [1.29, 1.82) is 0 Å². The molecule has 0 atom stereocenters. The molecule has 0 spiro atoms. The number of hydrogen-bond acceptors (Lipinski definition) is 4. The molecule has 0 heterocycles. The summed E-state index contributed by atoms with van der Waals surface area (Å²) in [5, 5.41) is 4.02. The van der Waals surface area contributed by atoms with Crippen molar-refractivity contribution in [2.45, 2.75) is 4.90 Å². The monoisotopic (exact) mass is 299 g/mol. The van der Waals surface area contributed by atoms with E-state index >= 15 is 0 Å². The Labute approximate surface area is 139 Å². The number of hydrogen-bond donors (Lipinski definition) is 2. The average molecular weight is 299 g/mol. The molecule has 0 amide bonds. The van der Waals surface area contributed by atoms with Crippen molar-refractivity contribution in [3.8, 4) is 0 Å². The van der Waals surface area contributed by atoms with Gasteiger partial charge in [0.1, 0.15) is 0 Å². The molecule has 0 aliphatic carbocycles. The number of rotatable bonds is 4. The summed E-state index contributed by atoms with van der Waals surface area (Å²) < 4.78 is 30.5. The maximum absolute atomic E-state index is 10.8. The topological polar surface area (TPSA) is 78.8 Å². The fraction of sp³-hybridized carbons (Fsp3) is 0. The van der Waals surface area contributed by atoms with Crippen LogP contribution in [0.5, 0.6) is 0 Å². The van der Waals surface area contributed by atoms with Gasteiger partial charge in [0.05, 0.1) is 16.8 Å². The van der Waals surface area contributed by atoms with Crippen LogP contribution in [0, 0.1) is 0 Å². The van der Waals surface area contributed by atoms with Crippen LogP contribution in [0.25, 0.3) is 0 Å². The van der Waals surface area contributed by atoms with E-state index in [2.05, 4.69) is 10.5 Å². The van der Waals surface area contributed by atoms with Gasteiger partial charge in [-0.05, 0) is 29.8 Å². The molecule has 2 N–H and O–H groups in total. The zero-order valence-corrected chi connectivity index (χ0v) is 13.7. The molecule has 0 saturated carbocycles. The van der Waals surface area contributed by atoms with Gasteiger partial charge in [-0.15, -0.1) is 0 Å². The van der Waals surface area contributed by atoms with Crippen LogP contribution in [0.15, 0.2) is 64.6 Å². The Bertz CT molecular complexity index is 671. The van der Waals surface area contributed by atoms with E-state index in [1.165, 1.54) is 24.3 Å². The third-order valence-electron chi connectivity index (χ3n) is 2.36. The second-order valence-electron chi connectivity index (χ2n) is 3.78. The second kappa shape index (κ2) is 7.56. The molecular formula is C13H12N2NaO3S+. The molecule has 98 valence electrons. The normalized spacial score (nSPS) is 11.1. The minimum absolute atomic E-state index is 0. The Morgan fingerprint density at radius 2 is 1.60 bits per heavy atom. The predicted octanol–water partition coefficient (Wildman–Crippen LogP) is -0.617. The predicted molar refractivity (Wildman–Crippen MR) is 73.9 cm³/mol. The quantitative estimate of drug-likeness (QED) is 0.341. The number of hydrazone groups is 1. The second-order valence-corrected chi connectivity index (χ2v) is 5.20. The van der Waals surface area contributed by atoms with Gasteiger partial charge < -0.3 is 0 Å². The summed E-state index contributed by atoms with van der Waals surface area (Å²) in [7, 11) is -4.15. The number of nitrogens with zero attached hydrogens (tertiary/aromatic N) is 1. The molecule has 2 aromatic carbocycles. The fourth-order valence-corrected chi connectivity index (χ4v) is 1.90. The standard InChI is InChI=1S/C13H12N2O3S.Na/c16-19(17,18)13-8-6-12(7-9-13)15-14-10-11-4-2-1-3-5-11;/h1-10,15H,(H,16,17,18);/q;+1/b14-10+;. The van der Waals surface area contributed by atoms with E-state index in [1.54, 1.807) is 6.21 Å². The summed E-state index contributed by atoms with van der Waals surface area (Å²) in [5.74, 6) is 0. The Balaban J connectivity index is 0.00000200. The molecule has 20 heavy (non-hydrogen) atoms. The SMILES string of the molecule is O=S(=O)(O)c1ccc(N/N=C/c2ccccc2)cc1.[Na+]. The first-order chi connectivity index (χ1) is 9.05. The molecule has 2 aromatic rings. The minimum Gasteiger partial charge on any atom is -0.282 e. The Hall–Kier alpha value is -1.18. The van der Waals surface area contributed by atoms with Crippen molar-refractivity contribution < 1.29 is 42.5 Å². The molecule has 0 unspecified atom stereocenters. The van der Waals surface area contributed by atoms with E-state index in [-0.39, 0.29) is 34.5 Å². The van der Waals surface area contributed by atoms with Gasteiger partial charge in [0.25, 0.3) is 10.1 Å².